The second-order valence-electron chi connectivity index (χ2n) is 6.01. The van der Waals surface area contributed by atoms with E-state index in [1.807, 2.05) is 6.20 Å². The summed E-state index contributed by atoms with van der Waals surface area (Å²) in [4.78, 5) is 3.27. The van der Waals surface area contributed by atoms with Crippen molar-refractivity contribution in [3.05, 3.63) is 36.0 Å². The van der Waals surface area contributed by atoms with Gasteiger partial charge in [0.25, 0.3) is 0 Å². The van der Waals surface area contributed by atoms with Crippen LogP contribution in [0.3, 0.4) is 0 Å². The summed E-state index contributed by atoms with van der Waals surface area (Å²) in [6, 6.07) is 8.66. The van der Waals surface area contributed by atoms with Crippen molar-refractivity contribution in [3.63, 3.8) is 0 Å². The third kappa shape index (κ3) is 5.55. The van der Waals surface area contributed by atoms with Gasteiger partial charge in [-0.05, 0) is 30.7 Å². The largest absolute Gasteiger partial charge is 0.361 e. The molecule has 0 unspecified atom stereocenters. The first-order valence-electron chi connectivity index (χ1n) is 8.67. The van der Waals surface area contributed by atoms with Crippen LogP contribution in [-0.2, 0) is 6.54 Å². The summed E-state index contributed by atoms with van der Waals surface area (Å²) < 4.78 is 0. The van der Waals surface area contributed by atoms with E-state index in [1.54, 1.807) is 0 Å². The molecule has 2 aromatic rings. The van der Waals surface area contributed by atoms with Crippen LogP contribution in [0.25, 0.3) is 10.9 Å². The van der Waals surface area contributed by atoms with Gasteiger partial charge in [0.15, 0.2) is 0 Å². The number of benzene rings is 1. The van der Waals surface area contributed by atoms with E-state index in [1.165, 1.54) is 67.8 Å². The second kappa shape index (κ2) is 9.62. The van der Waals surface area contributed by atoms with E-state index in [4.69, 9.17) is 0 Å². The minimum absolute atomic E-state index is 0.978. The Labute approximate surface area is 129 Å². The lowest BCUT2D eigenvalue weighted by molar-refractivity contribution is 0.555. The number of H-pyrrole nitrogens is 1. The highest BCUT2D eigenvalue weighted by Crippen LogP contribution is 2.17. The number of hydrogen-bond donors (Lipinski definition) is 2. The van der Waals surface area contributed by atoms with Crippen LogP contribution in [0, 0.1) is 0 Å². The molecule has 0 aliphatic rings. The highest BCUT2D eigenvalue weighted by Gasteiger charge is 2.00. The standard InChI is InChI=1S/C19H30N2/c1-2-3-4-5-6-7-8-9-14-20-16-17-11-10-12-19-18(17)13-15-21-19/h10-13,15,20-21H,2-9,14,16H2,1H3. The average Bonchev–Trinajstić information content (AvgIpc) is 2.98. The molecular weight excluding hydrogens is 256 g/mol. The number of aromatic amines is 1. The Balaban J connectivity index is 1.53. The summed E-state index contributed by atoms with van der Waals surface area (Å²) in [5.41, 5.74) is 2.63. The molecule has 2 nitrogen and oxygen atoms in total. The van der Waals surface area contributed by atoms with Crippen LogP contribution in [0.2, 0.25) is 0 Å². The molecular formula is C19H30N2. The maximum atomic E-state index is 3.58. The SMILES string of the molecule is CCCCCCCCCCNCc1cccc2[nH]ccc12. The highest BCUT2D eigenvalue weighted by molar-refractivity contribution is 5.82. The maximum absolute atomic E-state index is 3.58. The Morgan fingerprint density at radius 2 is 1.67 bits per heavy atom. The van der Waals surface area contributed by atoms with E-state index in [0.717, 1.165) is 13.1 Å². The monoisotopic (exact) mass is 286 g/mol. The molecule has 0 radical (unpaired) electrons. The first-order valence-corrected chi connectivity index (χ1v) is 8.67. The molecule has 0 spiro atoms. The number of aromatic nitrogens is 1. The number of fused-ring (bicyclic) bond motifs is 1. The molecule has 2 N–H and O–H groups in total. The van der Waals surface area contributed by atoms with Gasteiger partial charge in [-0.15, -0.1) is 0 Å². The molecule has 2 rings (SSSR count). The summed E-state index contributed by atoms with van der Waals surface area (Å²) in [6.07, 6.45) is 13.1. The number of nitrogens with one attached hydrogen (secondary N) is 2. The van der Waals surface area contributed by atoms with Crippen molar-refractivity contribution in [2.75, 3.05) is 6.54 Å². The van der Waals surface area contributed by atoms with Gasteiger partial charge in [0.2, 0.25) is 0 Å². The summed E-state index contributed by atoms with van der Waals surface area (Å²) in [7, 11) is 0. The third-order valence-electron chi connectivity index (χ3n) is 4.21. The van der Waals surface area contributed by atoms with Crippen LogP contribution in [-0.4, -0.2) is 11.5 Å². The fourth-order valence-corrected chi connectivity index (χ4v) is 2.91. The van der Waals surface area contributed by atoms with Crippen LogP contribution in [0.4, 0.5) is 0 Å². The van der Waals surface area contributed by atoms with Crippen molar-refractivity contribution in [1.29, 1.82) is 0 Å². The number of unbranched alkanes of at least 4 members (excludes halogenated alkanes) is 7. The predicted molar refractivity (Wildman–Crippen MR) is 92.6 cm³/mol. The molecule has 0 saturated carbocycles. The molecule has 0 aliphatic heterocycles. The van der Waals surface area contributed by atoms with Gasteiger partial charge in [-0.1, -0.05) is 64.0 Å². The zero-order valence-electron chi connectivity index (χ0n) is 13.5. The zero-order chi connectivity index (χ0) is 14.8. The van der Waals surface area contributed by atoms with Gasteiger partial charge in [-0.2, -0.15) is 0 Å². The summed E-state index contributed by atoms with van der Waals surface area (Å²) in [5, 5.41) is 4.93. The lowest BCUT2D eigenvalue weighted by Gasteiger charge is -2.06. The number of hydrogen-bond acceptors (Lipinski definition) is 1. The van der Waals surface area contributed by atoms with Crippen molar-refractivity contribution in [2.45, 2.75) is 64.8 Å². The van der Waals surface area contributed by atoms with Crippen LogP contribution >= 0.6 is 0 Å². The van der Waals surface area contributed by atoms with E-state index < -0.39 is 0 Å². The average molecular weight is 286 g/mol. The van der Waals surface area contributed by atoms with Gasteiger partial charge in [0, 0.05) is 23.6 Å². The first kappa shape index (κ1) is 16.1. The summed E-state index contributed by atoms with van der Waals surface area (Å²) in [6.45, 7) is 4.39. The third-order valence-corrected chi connectivity index (χ3v) is 4.21. The van der Waals surface area contributed by atoms with Crippen molar-refractivity contribution in [1.82, 2.24) is 10.3 Å². The molecule has 0 atom stereocenters. The van der Waals surface area contributed by atoms with Crippen LogP contribution < -0.4 is 5.32 Å². The topological polar surface area (TPSA) is 27.8 Å². The van der Waals surface area contributed by atoms with Gasteiger partial charge < -0.3 is 10.3 Å². The molecule has 2 heteroatoms. The summed E-state index contributed by atoms with van der Waals surface area (Å²) >= 11 is 0. The Bertz CT molecular complexity index is 501. The summed E-state index contributed by atoms with van der Waals surface area (Å²) in [5.74, 6) is 0. The molecule has 1 aromatic heterocycles. The molecule has 21 heavy (non-hydrogen) atoms. The Hall–Kier alpha value is -1.28. The minimum atomic E-state index is 0.978. The van der Waals surface area contributed by atoms with Gasteiger partial charge in [0.05, 0.1) is 0 Å². The zero-order valence-corrected chi connectivity index (χ0v) is 13.5. The Morgan fingerprint density at radius 1 is 0.905 bits per heavy atom. The van der Waals surface area contributed by atoms with Gasteiger partial charge in [-0.25, -0.2) is 0 Å². The Morgan fingerprint density at radius 3 is 2.48 bits per heavy atom. The fourth-order valence-electron chi connectivity index (χ4n) is 2.91. The number of rotatable bonds is 11. The molecule has 0 aliphatic carbocycles. The van der Waals surface area contributed by atoms with Gasteiger partial charge >= 0.3 is 0 Å². The van der Waals surface area contributed by atoms with Crippen LogP contribution in [0.15, 0.2) is 30.5 Å². The van der Waals surface area contributed by atoms with Crippen molar-refractivity contribution in [3.8, 4) is 0 Å². The molecule has 0 saturated heterocycles. The maximum Gasteiger partial charge on any atom is 0.0457 e. The van der Waals surface area contributed by atoms with E-state index in [2.05, 4.69) is 41.5 Å². The van der Waals surface area contributed by atoms with Crippen molar-refractivity contribution >= 4 is 10.9 Å². The van der Waals surface area contributed by atoms with E-state index in [9.17, 15) is 0 Å². The molecule has 0 amide bonds. The van der Waals surface area contributed by atoms with Crippen LogP contribution in [0.5, 0.6) is 0 Å². The van der Waals surface area contributed by atoms with E-state index in [0.29, 0.717) is 0 Å². The van der Waals surface area contributed by atoms with Gasteiger partial charge in [-0.3, -0.25) is 0 Å². The lowest BCUT2D eigenvalue weighted by Crippen LogP contribution is -2.14. The fraction of sp³-hybridized carbons (Fsp3) is 0.579. The molecule has 116 valence electrons. The molecule has 0 bridgehead atoms. The molecule has 0 fully saturated rings. The molecule has 1 heterocycles. The van der Waals surface area contributed by atoms with E-state index >= 15 is 0 Å². The van der Waals surface area contributed by atoms with Crippen molar-refractivity contribution < 1.29 is 0 Å². The molecule has 1 aromatic carbocycles. The quantitative estimate of drug-likeness (QED) is 0.532. The Kier molecular flexibility index (Phi) is 7.37. The lowest BCUT2D eigenvalue weighted by atomic mass is 10.1. The first-order chi connectivity index (χ1) is 10.4. The van der Waals surface area contributed by atoms with E-state index in [-0.39, 0.29) is 0 Å². The smallest absolute Gasteiger partial charge is 0.0457 e. The normalized spacial score (nSPS) is 11.3. The van der Waals surface area contributed by atoms with Crippen LogP contribution in [0.1, 0.15) is 63.9 Å². The second-order valence-corrected chi connectivity index (χ2v) is 6.01. The predicted octanol–water partition coefficient (Wildman–Crippen LogP) is 5.40. The van der Waals surface area contributed by atoms with Gasteiger partial charge in [0.1, 0.15) is 0 Å². The highest BCUT2D eigenvalue weighted by atomic mass is 14.8. The minimum Gasteiger partial charge on any atom is -0.361 e. The van der Waals surface area contributed by atoms with Crippen molar-refractivity contribution in [2.24, 2.45) is 0 Å².